The molecule has 0 saturated carbocycles. The number of carbonyl (C=O) groups excluding carboxylic acids is 3. The van der Waals surface area contributed by atoms with Gasteiger partial charge in [0, 0.05) is 19.3 Å². The summed E-state index contributed by atoms with van der Waals surface area (Å²) >= 11 is 0. The minimum absolute atomic E-state index is 0.0725. The van der Waals surface area contributed by atoms with Crippen molar-refractivity contribution in [3.63, 3.8) is 0 Å². The zero-order valence-electron chi connectivity index (χ0n) is 51.2. The van der Waals surface area contributed by atoms with E-state index in [0.717, 1.165) is 89.9 Å². The minimum Gasteiger partial charge on any atom is -0.462 e. The van der Waals surface area contributed by atoms with Gasteiger partial charge in [-0.05, 0) is 89.9 Å². The fourth-order valence-electron chi connectivity index (χ4n) is 9.70. The van der Waals surface area contributed by atoms with Crippen molar-refractivity contribution >= 4 is 17.9 Å². The van der Waals surface area contributed by atoms with E-state index in [1.807, 2.05) is 0 Å². The molecule has 0 amide bonds. The van der Waals surface area contributed by atoms with Gasteiger partial charge in [0.05, 0.1) is 0 Å². The van der Waals surface area contributed by atoms with Crippen LogP contribution in [0.25, 0.3) is 0 Å². The Hall–Kier alpha value is -3.15. The Bertz CT molecular complexity index is 1420. The van der Waals surface area contributed by atoms with Crippen LogP contribution in [0, 0.1) is 0 Å². The summed E-state index contributed by atoms with van der Waals surface area (Å²) in [7, 11) is 0. The van der Waals surface area contributed by atoms with E-state index < -0.39 is 6.10 Å². The van der Waals surface area contributed by atoms with Crippen molar-refractivity contribution in [1.29, 1.82) is 0 Å². The van der Waals surface area contributed by atoms with Gasteiger partial charge < -0.3 is 14.2 Å². The van der Waals surface area contributed by atoms with E-state index in [1.165, 1.54) is 212 Å². The molecule has 0 aliphatic heterocycles. The molecule has 1 unspecified atom stereocenters. The molecule has 0 heterocycles. The van der Waals surface area contributed by atoms with Crippen LogP contribution >= 0.6 is 0 Å². The van der Waals surface area contributed by atoms with E-state index in [2.05, 4.69) is 93.7 Å². The maximum absolute atomic E-state index is 12.9. The second-order valence-corrected chi connectivity index (χ2v) is 22.4. The van der Waals surface area contributed by atoms with Crippen molar-refractivity contribution in [2.45, 2.75) is 348 Å². The number of rotatable bonds is 61. The lowest BCUT2D eigenvalue weighted by Gasteiger charge is -2.18. The Morgan fingerprint density at radius 1 is 0.273 bits per heavy atom. The maximum atomic E-state index is 12.9. The van der Waals surface area contributed by atoms with Gasteiger partial charge in [-0.1, -0.05) is 306 Å². The van der Waals surface area contributed by atoms with Crippen LogP contribution in [0.3, 0.4) is 0 Å². The molecule has 0 rings (SSSR count). The van der Waals surface area contributed by atoms with E-state index in [0.29, 0.717) is 19.3 Å². The van der Waals surface area contributed by atoms with Gasteiger partial charge in [-0.3, -0.25) is 14.4 Å². The van der Waals surface area contributed by atoms with Crippen molar-refractivity contribution in [3.8, 4) is 0 Å². The summed E-state index contributed by atoms with van der Waals surface area (Å²) in [6.45, 7) is 6.52. The van der Waals surface area contributed by atoms with Gasteiger partial charge in [0.2, 0.25) is 0 Å². The zero-order valence-corrected chi connectivity index (χ0v) is 51.2. The molecule has 0 saturated heterocycles. The molecule has 0 radical (unpaired) electrons. The number of carbonyl (C=O) groups is 3. The molecule has 446 valence electrons. The van der Waals surface area contributed by atoms with Crippen LogP contribution in [0.5, 0.6) is 0 Å². The van der Waals surface area contributed by atoms with Crippen LogP contribution in [-0.4, -0.2) is 37.2 Å². The molecule has 1 atom stereocenters. The van der Waals surface area contributed by atoms with Crippen LogP contribution in [0.15, 0.2) is 72.9 Å². The standard InChI is InChI=1S/C71H126O6/c1-4-7-10-13-16-18-20-22-24-26-28-30-32-34-35-37-38-40-42-44-46-48-50-52-55-58-61-64-70(73)76-67-68(66-75-69(72)63-60-57-54-15-12-9-6-3)77-71(74)65-62-59-56-53-51-49-47-45-43-41-39-36-33-31-29-27-25-23-21-19-17-14-11-8-5-2/h8,11,17,19-20,22-23,25-26,28-29,31,68H,4-7,9-10,12-16,18,21,24,27,30,32-67H2,1-3H3/b11-8-,19-17-,22-20-,25-23-,28-26-,31-29-. The Balaban J connectivity index is 4.08. The monoisotopic (exact) mass is 1070 g/mol. The Labute approximate surface area is 478 Å². The van der Waals surface area contributed by atoms with Gasteiger partial charge >= 0.3 is 17.9 Å². The lowest BCUT2D eigenvalue weighted by molar-refractivity contribution is -0.167. The maximum Gasteiger partial charge on any atom is 0.306 e. The summed E-state index contributed by atoms with van der Waals surface area (Å²) in [5.74, 6) is -0.865. The number of esters is 3. The van der Waals surface area contributed by atoms with Crippen molar-refractivity contribution < 1.29 is 28.6 Å². The second kappa shape index (κ2) is 65.4. The Kier molecular flexibility index (Phi) is 62.7. The smallest absolute Gasteiger partial charge is 0.306 e. The third kappa shape index (κ3) is 63.6. The van der Waals surface area contributed by atoms with Crippen molar-refractivity contribution in [2.24, 2.45) is 0 Å². The average molecular weight is 1080 g/mol. The lowest BCUT2D eigenvalue weighted by Crippen LogP contribution is -2.30. The fraction of sp³-hybridized carbons (Fsp3) is 0.789. The predicted octanol–water partition coefficient (Wildman–Crippen LogP) is 22.9. The predicted molar refractivity (Wildman–Crippen MR) is 335 cm³/mol. The molecular formula is C71H126O6. The molecule has 0 aromatic carbocycles. The molecule has 0 aliphatic rings. The summed E-state index contributed by atoms with van der Waals surface area (Å²) in [4.78, 5) is 38.1. The molecule has 0 fully saturated rings. The number of unbranched alkanes of at least 4 members (excludes halogenated alkanes) is 38. The Morgan fingerprint density at radius 3 is 0.792 bits per heavy atom. The van der Waals surface area contributed by atoms with Crippen molar-refractivity contribution in [1.82, 2.24) is 0 Å². The van der Waals surface area contributed by atoms with E-state index in [9.17, 15) is 14.4 Å². The Morgan fingerprint density at radius 2 is 0.506 bits per heavy atom. The summed E-state index contributed by atoms with van der Waals surface area (Å²) in [5, 5.41) is 0. The first-order valence-corrected chi connectivity index (χ1v) is 33.4. The van der Waals surface area contributed by atoms with Gasteiger partial charge in [0.1, 0.15) is 13.2 Å². The van der Waals surface area contributed by atoms with Gasteiger partial charge in [0.25, 0.3) is 0 Å². The lowest BCUT2D eigenvalue weighted by atomic mass is 10.0. The zero-order chi connectivity index (χ0) is 55.7. The van der Waals surface area contributed by atoms with Crippen LogP contribution in [0.4, 0.5) is 0 Å². The topological polar surface area (TPSA) is 78.9 Å². The fourth-order valence-corrected chi connectivity index (χ4v) is 9.70. The summed E-state index contributed by atoms with van der Waals surface area (Å²) in [6.07, 6.45) is 85.2. The molecule has 0 aromatic heterocycles. The highest BCUT2D eigenvalue weighted by Gasteiger charge is 2.19. The first-order valence-electron chi connectivity index (χ1n) is 33.4. The van der Waals surface area contributed by atoms with Gasteiger partial charge in [-0.2, -0.15) is 0 Å². The molecule has 6 nitrogen and oxygen atoms in total. The molecule has 0 bridgehead atoms. The van der Waals surface area contributed by atoms with Gasteiger partial charge in [0.15, 0.2) is 6.10 Å². The van der Waals surface area contributed by atoms with Crippen molar-refractivity contribution in [3.05, 3.63) is 72.9 Å². The molecule has 0 spiro atoms. The minimum atomic E-state index is -0.773. The highest BCUT2D eigenvalue weighted by molar-refractivity contribution is 5.71. The molecule has 77 heavy (non-hydrogen) atoms. The van der Waals surface area contributed by atoms with Crippen LogP contribution in [0.1, 0.15) is 342 Å². The molecule has 6 heteroatoms. The third-order valence-electron chi connectivity index (χ3n) is 14.7. The molecule has 0 aromatic rings. The quantitative estimate of drug-likeness (QED) is 0.0261. The largest absolute Gasteiger partial charge is 0.462 e. The number of hydrogen-bond acceptors (Lipinski definition) is 6. The number of allylic oxidation sites excluding steroid dienone is 12. The molecule has 0 N–H and O–H groups in total. The number of hydrogen-bond donors (Lipinski definition) is 0. The van der Waals surface area contributed by atoms with E-state index in [4.69, 9.17) is 14.2 Å². The summed E-state index contributed by atoms with van der Waals surface area (Å²) in [5.41, 5.74) is 0. The average Bonchev–Trinajstić information content (AvgIpc) is 3.43. The highest BCUT2D eigenvalue weighted by Crippen LogP contribution is 2.17. The molecular weight excluding hydrogens is 949 g/mol. The second-order valence-electron chi connectivity index (χ2n) is 22.4. The van der Waals surface area contributed by atoms with Crippen molar-refractivity contribution in [2.75, 3.05) is 13.2 Å². The van der Waals surface area contributed by atoms with Crippen LogP contribution < -0.4 is 0 Å². The first kappa shape index (κ1) is 73.8. The van der Waals surface area contributed by atoms with E-state index in [-0.39, 0.29) is 31.1 Å². The number of ether oxygens (including phenoxy) is 3. The summed E-state index contributed by atoms with van der Waals surface area (Å²) in [6, 6.07) is 0. The SMILES string of the molecule is CC/C=C\C/C=C\C/C=C\C/C=C\CCCCCCCCCCCCCCC(=O)OC(COC(=O)CCCCCCCCC)COC(=O)CCCCCCCCCCCCCCCCC/C=C\C/C=C\CCCCCCC. The normalized spacial score (nSPS) is 12.5. The third-order valence-corrected chi connectivity index (χ3v) is 14.7. The van der Waals surface area contributed by atoms with Gasteiger partial charge in [-0.15, -0.1) is 0 Å². The van der Waals surface area contributed by atoms with E-state index in [1.54, 1.807) is 0 Å². The van der Waals surface area contributed by atoms with Crippen LogP contribution in [-0.2, 0) is 28.6 Å². The summed E-state index contributed by atoms with van der Waals surface area (Å²) < 4.78 is 16.9. The molecule has 0 aliphatic carbocycles. The van der Waals surface area contributed by atoms with Crippen LogP contribution in [0.2, 0.25) is 0 Å². The van der Waals surface area contributed by atoms with E-state index >= 15 is 0 Å². The first-order chi connectivity index (χ1) is 38.0. The van der Waals surface area contributed by atoms with Gasteiger partial charge in [-0.25, -0.2) is 0 Å². The highest BCUT2D eigenvalue weighted by atomic mass is 16.6.